The molecular weight excluding hydrogens is 496 g/mol. The maximum Gasteiger partial charge on any atom is 0.294 e. The van der Waals surface area contributed by atoms with E-state index >= 15 is 0 Å². The maximum absolute atomic E-state index is 13.9. The number of benzene rings is 1. The smallest absolute Gasteiger partial charge is 0.294 e. The SMILES string of the molecule is Cc1coc(NCc2cc(N(C)C)c3c(c2O)C(=O)C2C(=O)[C@]4(O)C(=O)C(C(N)=O)C(=O)C[C@@H]4C[C@@H]2C3)n1. The minimum atomic E-state index is -2.68. The Morgan fingerprint density at radius 2 is 1.95 bits per heavy atom. The number of Topliss-reactive ketones (excluding diaryl/α,β-unsaturated/α-hetero) is 4. The van der Waals surface area contributed by atoms with E-state index in [1.54, 1.807) is 32.0 Å². The molecule has 5 rings (SSSR count). The molecule has 3 aliphatic carbocycles. The van der Waals surface area contributed by atoms with Crippen LogP contribution in [0.1, 0.15) is 40.0 Å². The molecule has 5 N–H and O–H groups in total. The van der Waals surface area contributed by atoms with Gasteiger partial charge < -0.3 is 30.6 Å². The molecule has 5 atom stereocenters. The van der Waals surface area contributed by atoms with Gasteiger partial charge in [-0.15, -0.1) is 0 Å². The number of carbonyl (C=O) groups excluding carboxylic acids is 5. The van der Waals surface area contributed by atoms with Crippen molar-refractivity contribution >= 4 is 40.7 Å². The molecular formula is C26H28N4O8. The molecule has 2 fully saturated rings. The fraction of sp³-hybridized carbons (Fsp3) is 0.462. The van der Waals surface area contributed by atoms with Crippen molar-refractivity contribution in [1.82, 2.24) is 4.98 Å². The lowest BCUT2D eigenvalue weighted by atomic mass is 9.53. The van der Waals surface area contributed by atoms with Crippen LogP contribution in [0.4, 0.5) is 11.7 Å². The number of fused-ring (bicyclic) bond motifs is 3. The number of anilines is 2. The second-order valence-corrected chi connectivity index (χ2v) is 10.5. The third kappa shape index (κ3) is 3.62. The van der Waals surface area contributed by atoms with E-state index in [-0.39, 0.29) is 43.1 Å². The van der Waals surface area contributed by atoms with Crippen molar-refractivity contribution in [2.24, 2.45) is 29.4 Å². The number of oxazole rings is 1. The van der Waals surface area contributed by atoms with E-state index < -0.39 is 58.3 Å². The van der Waals surface area contributed by atoms with Crippen LogP contribution in [0.2, 0.25) is 0 Å². The molecule has 38 heavy (non-hydrogen) atoms. The van der Waals surface area contributed by atoms with Crippen LogP contribution in [-0.4, -0.2) is 63.9 Å². The molecule has 1 aromatic heterocycles. The molecule has 1 heterocycles. The van der Waals surface area contributed by atoms with Crippen molar-refractivity contribution in [2.45, 2.75) is 38.3 Å². The van der Waals surface area contributed by atoms with E-state index in [1.165, 1.54) is 6.26 Å². The molecule has 0 saturated heterocycles. The highest BCUT2D eigenvalue weighted by Crippen LogP contribution is 2.51. The van der Waals surface area contributed by atoms with Gasteiger partial charge in [0.25, 0.3) is 6.01 Å². The maximum atomic E-state index is 13.9. The molecule has 0 aliphatic heterocycles. The van der Waals surface area contributed by atoms with Gasteiger partial charge in [0.2, 0.25) is 5.91 Å². The van der Waals surface area contributed by atoms with Gasteiger partial charge in [-0.25, -0.2) is 0 Å². The largest absolute Gasteiger partial charge is 0.507 e. The summed E-state index contributed by atoms with van der Waals surface area (Å²) in [7, 11) is 3.57. The molecule has 1 amide bonds. The van der Waals surface area contributed by atoms with E-state index in [0.717, 1.165) is 0 Å². The van der Waals surface area contributed by atoms with Crippen LogP contribution in [0.15, 0.2) is 16.7 Å². The first-order valence-electron chi connectivity index (χ1n) is 12.2. The summed E-state index contributed by atoms with van der Waals surface area (Å²) in [5, 5.41) is 25.5. The van der Waals surface area contributed by atoms with Crippen LogP contribution >= 0.6 is 0 Å². The number of hydrogen-bond donors (Lipinski definition) is 4. The number of rotatable bonds is 5. The summed E-state index contributed by atoms with van der Waals surface area (Å²) in [4.78, 5) is 70.8. The number of aryl methyl sites for hydroxylation is 1. The summed E-state index contributed by atoms with van der Waals surface area (Å²) < 4.78 is 5.28. The quantitative estimate of drug-likeness (QED) is 0.393. The first-order chi connectivity index (χ1) is 17.9. The van der Waals surface area contributed by atoms with Gasteiger partial charge in [-0.1, -0.05) is 0 Å². The third-order valence-corrected chi connectivity index (χ3v) is 7.99. The number of primary amides is 1. The normalized spacial score (nSPS) is 28.4. The molecule has 0 spiro atoms. The average Bonchev–Trinajstić information content (AvgIpc) is 3.25. The first-order valence-corrected chi connectivity index (χ1v) is 12.2. The highest BCUT2D eigenvalue weighted by Gasteiger charge is 2.66. The fourth-order valence-corrected chi connectivity index (χ4v) is 6.21. The second kappa shape index (κ2) is 8.76. The van der Waals surface area contributed by atoms with Gasteiger partial charge in [0.15, 0.2) is 34.7 Å². The van der Waals surface area contributed by atoms with Crippen molar-refractivity contribution in [1.29, 1.82) is 0 Å². The Morgan fingerprint density at radius 1 is 1.24 bits per heavy atom. The molecule has 1 aromatic carbocycles. The molecule has 3 aliphatic rings. The molecule has 2 aromatic rings. The van der Waals surface area contributed by atoms with Crippen LogP contribution in [0.3, 0.4) is 0 Å². The number of carbonyl (C=O) groups is 5. The van der Waals surface area contributed by atoms with Crippen molar-refractivity contribution in [3.63, 3.8) is 0 Å². The number of amides is 1. The number of aromatic hydroxyl groups is 1. The molecule has 0 bridgehead atoms. The zero-order valence-electron chi connectivity index (χ0n) is 21.1. The number of phenols is 1. The fourth-order valence-electron chi connectivity index (χ4n) is 6.21. The predicted molar refractivity (Wildman–Crippen MR) is 131 cm³/mol. The standard InChI is InChI=1S/C26H28N4O8/c1-10-9-38-25(29-10)28-8-12-6-15(30(2)3)14-5-11-4-13-7-16(31)19(24(27)36)23(35)26(13,37)22(34)17(11)21(33)18(14)20(12)32/h6,9,11,13,17,19,32,37H,4-5,7-8H2,1-3H3,(H2,27,36)(H,28,29)/t11-,13+,17?,19?,26+/m1/s1. The monoisotopic (exact) mass is 524 g/mol. The van der Waals surface area contributed by atoms with Gasteiger partial charge in [-0.3, -0.25) is 24.0 Å². The molecule has 2 saturated carbocycles. The summed E-state index contributed by atoms with van der Waals surface area (Å²) >= 11 is 0. The molecule has 12 nitrogen and oxygen atoms in total. The van der Waals surface area contributed by atoms with E-state index in [4.69, 9.17) is 10.2 Å². The van der Waals surface area contributed by atoms with E-state index in [1.807, 2.05) is 0 Å². The Labute approximate surface area is 217 Å². The van der Waals surface area contributed by atoms with Crippen molar-refractivity contribution in [3.05, 3.63) is 34.7 Å². The first kappa shape index (κ1) is 25.6. The van der Waals surface area contributed by atoms with Gasteiger partial charge in [0.1, 0.15) is 12.0 Å². The lowest BCUT2D eigenvalue weighted by Gasteiger charge is -2.48. The Hall–Kier alpha value is -4.06. The zero-order chi connectivity index (χ0) is 27.7. The van der Waals surface area contributed by atoms with Gasteiger partial charge in [0, 0.05) is 44.2 Å². The lowest BCUT2D eigenvalue weighted by molar-refractivity contribution is -0.175. The van der Waals surface area contributed by atoms with Gasteiger partial charge >= 0.3 is 0 Å². The number of hydrogen-bond acceptors (Lipinski definition) is 11. The van der Waals surface area contributed by atoms with Crippen molar-refractivity contribution < 1.29 is 38.6 Å². The van der Waals surface area contributed by atoms with Gasteiger partial charge in [-0.05, 0) is 37.3 Å². The molecule has 200 valence electrons. The zero-order valence-corrected chi connectivity index (χ0v) is 21.1. The van der Waals surface area contributed by atoms with Crippen molar-refractivity contribution in [3.8, 4) is 5.75 Å². The number of nitrogens with one attached hydrogen (secondary N) is 1. The Kier molecular flexibility index (Phi) is 5.90. The number of nitrogens with zero attached hydrogens (tertiary/aromatic N) is 2. The number of aromatic nitrogens is 1. The minimum absolute atomic E-state index is 0.0432. The van der Waals surface area contributed by atoms with E-state index in [9.17, 15) is 34.2 Å². The summed E-state index contributed by atoms with van der Waals surface area (Å²) in [6.45, 7) is 1.81. The van der Waals surface area contributed by atoms with Gasteiger partial charge in [-0.2, -0.15) is 4.98 Å². The predicted octanol–water partition coefficient (Wildman–Crippen LogP) is 0.301. The van der Waals surface area contributed by atoms with Gasteiger partial charge in [0.05, 0.1) is 17.2 Å². The Morgan fingerprint density at radius 3 is 2.55 bits per heavy atom. The van der Waals surface area contributed by atoms with E-state index in [0.29, 0.717) is 22.5 Å². The summed E-state index contributed by atoms with van der Waals surface area (Å²) in [5.74, 6) is -10.4. The second-order valence-electron chi connectivity index (χ2n) is 10.5. The molecule has 12 heteroatoms. The van der Waals surface area contributed by atoms with Crippen LogP contribution in [0, 0.1) is 30.6 Å². The summed E-state index contributed by atoms with van der Waals surface area (Å²) in [5.41, 5.74) is 4.69. The lowest BCUT2D eigenvalue weighted by Crippen LogP contribution is -2.68. The summed E-state index contributed by atoms with van der Waals surface area (Å²) in [6.07, 6.45) is 1.34. The number of phenolic OH excluding ortho intramolecular Hbond substituents is 1. The molecule has 0 radical (unpaired) electrons. The Bertz CT molecular complexity index is 1410. The van der Waals surface area contributed by atoms with Crippen LogP contribution in [0.25, 0.3) is 0 Å². The minimum Gasteiger partial charge on any atom is -0.507 e. The Balaban J connectivity index is 1.56. The highest BCUT2D eigenvalue weighted by atomic mass is 16.4. The molecule has 2 unspecified atom stereocenters. The highest BCUT2D eigenvalue weighted by molar-refractivity contribution is 6.31. The third-order valence-electron chi connectivity index (χ3n) is 7.99. The van der Waals surface area contributed by atoms with Crippen LogP contribution in [-0.2, 0) is 32.1 Å². The van der Waals surface area contributed by atoms with Crippen LogP contribution < -0.4 is 16.0 Å². The number of ketones is 4. The van der Waals surface area contributed by atoms with E-state index in [2.05, 4.69) is 10.3 Å². The topological polar surface area (TPSA) is 193 Å². The number of aliphatic hydroxyl groups is 1. The average molecular weight is 525 g/mol. The number of nitrogens with two attached hydrogens (primary N) is 1. The van der Waals surface area contributed by atoms with Crippen molar-refractivity contribution in [2.75, 3.05) is 24.3 Å². The summed E-state index contributed by atoms with van der Waals surface area (Å²) in [6, 6.07) is 1.96. The van der Waals surface area contributed by atoms with Crippen LogP contribution in [0.5, 0.6) is 5.75 Å².